The first-order valence-corrected chi connectivity index (χ1v) is 7.32. The topological polar surface area (TPSA) is 20.2 Å². The van der Waals surface area contributed by atoms with E-state index < -0.39 is 5.60 Å². The summed E-state index contributed by atoms with van der Waals surface area (Å²) in [5.41, 5.74) is 4.48. The maximum absolute atomic E-state index is 10.9. The molecule has 0 aromatic heterocycles. The number of rotatable bonds is 2. The molecule has 1 heteroatoms. The minimum atomic E-state index is -0.618. The average molecular weight is 262 g/mol. The van der Waals surface area contributed by atoms with Crippen molar-refractivity contribution >= 4 is 5.57 Å². The summed E-state index contributed by atoms with van der Waals surface area (Å²) in [4.78, 5) is 0. The molecular formula is C19H18O. The molecule has 1 N–H and O–H groups in total. The first-order valence-electron chi connectivity index (χ1n) is 7.32. The van der Waals surface area contributed by atoms with Crippen LogP contribution in [0.2, 0.25) is 0 Å². The predicted octanol–water partition coefficient (Wildman–Crippen LogP) is 3.93. The number of allylic oxidation sites excluding steroid dienone is 1. The van der Waals surface area contributed by atoms with E-state index >= 15 is 0 Å². The third-order valence-corrected chi connectivity index (χ3v) is 4.77. The van der Waals surface area contributed by atoms with Crippen LogP contribution in [0.5, 0.6) is 0 Å². The third kappa shape index (κ3) is 1.74. The summed E-state index contributed by atoms with van der Waals surface area (Å²) in [6.07, 6.45) is 4.87. The van der Waals surface area contributed by atoms with Crippen LogP contribution in [0.25, 0.3) is 5.57 Å². The van der Waals surface area contributed by atoms with Crippen LogP contribution in [-0.4, -0.2) is 10.7 Å². The average Bonchev–Trinajstić information content (AvgIpc) is 2.89. The van der Waals surface area contributed by atoms with Crippen LogP contribution in [0.15, 0.2) is 60.7 Å². The molecular weight excluding hydrogens is 244 g/mol. The molecule has 2 aliphatic carbocycles. The van der Waals surface area contributed by atoms with Crippen LogP contribution >= 0.6 is 0 Å². The maximum atomic E-state index is 10.9. The highest BCUT2D eigenvalue weighted by Crippen LogP contribution is 2.53. The zero-order valence-electron chi connectivity index (χ0n) is 11.4. The summed E-state index contributed by atoms with van der Waals surface area (Å²) in [6, 6.07) is 19.0. The number of aliphatic hydroxyl groups is 1. The van der Waals surface area contributed by atoms with Gasteiger partial charge in [0.05, 0.1) is 5.60 Å². The maximum Gasteiger partial charge on any atom is 0.0911 e. The van der Waals surface area contributed by atoms with E-state index in [-0.39, 0.29) is 0 Å². The van der Waals surface area contributed by atoms with Crippen molar-refractivity contribution in [2.45, 2.75) is 30.8 Å². The minimum Gasteiger partial charge on any atom is -0.385 e. The van der Waals surface area contributed by atoms with Crippen molar-refractivity contribution in [3.63, 3.8) is 0 Å². The standard InChI is InChI=1S/C19H18O/c20-19(12-16(13-19)14-6-2-1-3-7-14)18-11-10-15-8-4-5-9-17(15)18/h1-9,11,16,20H,10,12-13H2. The Bertz CT molecular complexity index is 663. The van der Waals surface area contributed by atoms with Crippen LogP contribution in [-0.2, 0) is 6.42 Å². The highest BCUT2D eigenvalue weighted by atomic mass is 16.3. The SMILES string of the molecule is OC1(C2=CCc3ccccc32)CC(c2ccccc2)C1. The Kier molecular flexibility index (Phi) is 2.58. The van der Waals surface area contributed by atoms with Crippen LogP contribution in [0, 0.1) is 0 Å². The fourth-order valence-electron chi connectivity index (χ4n) is 3.66. The van der Waals surface area contributed by atoms with Gasteiger partial charge in [-0.05, 0) is 47.4 Å². The number of hydrogen-bond acceptors (Lipinski definition) is 1. The van der Waals surface area contributed by atoms with Gasteiger partial charge in [-0.25, -0.2) is 0 Å². The Morgan fingerprint density at radius 1 is 0.900 bits per heavy atom. The molecule has 4 rings (SSSR count). The molecule has 0 radical (unpaired) electrons. The van der Waals surface area contributed by atoms with Gasteiger partial charge in [0.1, 0.15) is 0 Å². The molecule has 0 aliphatic heterocycles. The van der Waals surface area contributed by atoms with Gasteiger partial charge >= 0.3 is 0 Å². The summed E-state index contributed by atoms with van der Waals surface area (Å²) in [6.45, 7) is 0. The lowest BCUT2D eigenvalue weighted by Crippen LogP contribution is -2.43. The Balaban J connectivity index is 1.57. The number of fused-ring (bicyclic) bond motifs is 1. The Morgan fingerprint density at radius 3 is 2.40 bits per heavy atom. The molecule has 2 aromatic rings. The molecule has 1 nitrogen and oxygen atoms in total. The zero-order valence-corrected chi connectivity index (χ0v) is 11.4. The van der Waals surface area contributed by atoms with Crippen LogP contribution < -0.4 is 0 Å². The Hall–Kier alpha value is -1.86. The highest BCUT2D eigenvalue weighted by Gasteiger charge is 2.47. The van der Waals surface area contributed by atoms with E-state index in [1.165, 1.54) is 16.7 Å². The summed E-state index contributed by atoms with van der Waals surface area (Å²) in [5, 5.41) is 10.9. The second-order valence-corrected chi connectivity index (χ2v) is 6.03. The number of hydrogen-bond donors (Lipinski definition) is 1. The quantitative estimate of drug-likeness (QED) is 0.869. The second kappa shape index (κ2) is 4.32. The van der Waals surface area contributed by atoms with Crippen LogP contribution in [0.1, 0.15) is 35.4 Å². The van der Waals surface area contributed by atoms with Gasteiger partial charge in [-0.3, -0.25) is 0 Å². The zero-order chi connectivity index (χ0) is 13.6. The van der Waals surface area contributed by atoms with E-state index in [4.69, 9.17) is 0 Å². The van der Waals surface area contributed by atoms with Gasteiger partial charge in [-0.1, -0.05) is 60.7 Å². The van der Waals surface area contributed by atoms with Gasteiger partial charge in [-0.2, -0.15) is 0 Å². The van der Waals surface area contributed by atoms with Crippen molar-refractivity contribution in [2.24, 2.45) is 0 Å². The van der Waals surface area contributed by atoms with E-state index in [0.717, 1.165) is 24.8 Å². The van der Waals surface area contributed by atoms with Crippen molar-refractivity contribution < 1.29 is 5.11 Å². The molecule has 0 bridgehead atoms. The van der Waals surface area contributed by atoms with E-state index in [1.54, 1.807) is 0 Å². The lowest BCUT2D eigenvalue weighted by atomic mass is 9.64. The van der Waals surface area contributed by atoms with Crippen molar-refractivity contribution in [3.05, 3.63) is 77.4 Å². The van der Waals surface area contributed by atoms with Crippen LogP contribution in [0.4, 0.5) is 0 Å². The molecule has 1 saturated carbocycles. The van der Waals surface area contributed by atoms with Crippen molar-refractivity contribution in [1.29, 1.82) is 0 Å². The lowest BCUT2D eigenvalue weighted by Gasteiger charge is -2.45. The molecule has 100 valence electrons. The van der Waals surface area contributed by atoms with Gasteiger partial charge in [0, 0.05) is 0 Å². The van der Waals surface area contributed by atoms with Gasteiger partial charge in [-0.15, -0.1) is 0 Å². The van der Waals surface area contributed by atoms with Crippen LogP contribution in [0.3, 0.4) is 0 Å². The normalized spacial score (nSPS) is 27.6. The fourth-order valence-corrected chi connectivity index (χ4v) is 3.66. The second-order valence-electron chi connectivity index (χ2n) is 6.03. The fraction of sp³-hybridized carbons (Fsp3) is 0.263. The summed E-state index contributed by atoms with van der Waals surface area (Å²) in [7, 11) is 0. The molecule has 0 saturated heterocycles. The smallest absolute Gasteiger partial charge is 0.0911 e. The van der Waals surface area contributed by atoms with Crippen molar-refractivity contribution in [1.82, 2.24) is 0 Å². The molecule has 0 atom stereocenters. The molecule has 2 aliphatic rings. The lowest BCUT2D eigenvalue weighted by molar-refractivity contribution is 0.00658. The first-order chi connectivity index (χ1) is 9.76. The molecule has 0 spiro atoms. The Morgan fingerprint density at radius 2 is 1.60 bits per heavy atom. The van der Waals surface area contributed by atoms with Crippen molar-refractivity contribution in [2.75, 3.05) is 0 Å². The molecule has 2 aromatic carbocycles. The van der Waals surface area contributed by atoms with Gasteiger partial charge in [0.25, 0.3) is 0 Å². The van der Waals surface area contributed by atoms with E-state index in [0.29, 0.717) is 5.92 Å². The first kappa shape index (κ1) is 11.9. The minimum absolute atomic E-state index is 0.495. The third-order valence-electron chi connectivity index (χ3n) is 4.77. The largest absolute Gasteiger partial charge is 0.385 e. The molecule has 1 fully saturated rings. The predicted molar refractivity (Wildman–Crippen MR) is 81.5 cm³/mol. The van der Waals surface area contributed by atoms with E-state index in [9.17, 15) is 5.11 Å². The van der Waals surface area contributed by atoms with Gasteiger partial charge < -0.3 is 5.11 Å². The van der Waals surface area contributed by atoms with Crippen molar-refractivity contribution in [3.8, 4) is 0 Å². The van der Waals surface area contributed by atoms with E-state index in [2.05, 4.69) is 54.6 Å². The van der Waals surface area contributed by atoms with Gasteiger partial charge in [0.15, 0.2) is 0 Å². The molecule has 0 unspecified atom stereocenters. The number of benzene rings is 2. The Labute approximate surface area is 119 Å². The molecule has 20 heavy (non-hydrogen) atoms. The highest BCUT2D eigenvalue weighted by molar-refractivity contribution is 5.79. The molecule has 0 amide bonds. The summed E-state index contributed by atoms with van der Waals surface area (Å²) < 4.78 is 0. The molecule has 0 heterocycles. The summed E-state index contributed by atoms with van der Waals surface area (Å²) >= 11 is 0. The van der Waals surface area contributed by atoms with Gasteiger partial charge in [0.2, 0.25) is 0 Å². The van der Waals surface area contributed by atoms with E-state index in [1.807, 2.05) is 6.07 Å². The monoisotopic (exact) mass is 262 g/mol. The summed E-state index contributed by atoms with van der Waals surface area (Å²) in [5.74, 6) is 0.495.